The third-order valence-corrected chi connectivity index (χ3v) is 5.47. The molecule has 2 N–H and O–H groups in total. The van der Waals surface area contributed by atoms with Crippen LogP contribution in [0.15, 0.2) is 17.5 Å². The molecule has 6 heteroatoms. The summed E-state index contributed by atoms with van der Waals surface area (Å²) < 4.78 is 5.80. The van der Waals surface area contributed by atoms with Crippen LogP contribution in [0.2, 0.25) is 0 Å². The minimum Gasteiger partial charge on any atom is -0.374 e. The van der Waals surface area contributed by atoms with E-state index in [2.05, 4.69) is 67.7 Å². The van der Waals surface area contributed by atoms with Gasteiger partial charge in [0.25, 0.3) is 0 Å². The van der Waals surface area contributed by atoms with Gasteiger partial charge in [0, 0.05) is 37.1 Å². The maximum atomic E-state index is 12.3. The summed E-state index contributed by atoms with van der Waals surface area (Å²) in [4.78, 5) is 16.0. The minimum atomic E-state index is 0.0281. The highest BCUT2D eigenvalue weighted by molar-refractivity contribution is 7.10. The third-order valence-electron chi connectivity index (χ3n) is 4.53. The zero-order valence-corrected chi connectivity index (χ0v) is 17.7. The van der Waals surface area contributed by atoms with Gasteiger partial charge >= 0.3 is 0 Å². The van der Waals surface area contributed by atoms with Crippen molar-refractivity contribution in [1.29, 1.82) is 0 Å². The van der Waals surface area contributed by atoms with Gasteiger partial charge in [-0.05, 0) is 22.8 Å². The summed E-state index contributed by atoms with van der Waals surface area (Å²) in [6.45, 7) is 15.7. The molecular weight excluding hydrogens is 346 g/mol. The van der Waals surface area contributed by atoms with Crippen LogP contribution in [0.4, 0.5) is 0 Å². The molecule has 1 aromatic rings. The molecule has 1 saturated heterocycles. The zero-order valence-electron chi connectivity index (χ0n) is 16.9. The van der Waals surface area contributed by atoms with Crippen LogP contribution in [-0.2, 0) is 9.53 Å². The lowest BCUT2D eigenvalue weighted by Gasteiger charge is -2.34. The van der Waals surface area contributed by atoms with Crippen molar-refractivity contribution >= 4 is 17.2 Å². The molecule has 5 nitrogen and oxygen atoms in total. The van der Waals surface area contributed by atoms with Gasteiger partial charge in [-0.2, -0.15) is 0 Å². The molecule has 0 spiro atoms. The van der Waals surface area contributed by atoms with Gasteiger partial charge < -0.3 is 15.4 Å². The average Bonchev–Trinajstić information content (AvgIpc) is 3.05. The minimum absolute atomic E-state index is 0.0281. The lowest BCUT2D eigenvalue weighted by atomic mass is 9.86. The first-order valence-corrected chi connectivity index (χ1v) is 10.5. The molecule has 0 aliphatic carbocycles. The summed E-state index contributed by atoms with van der Waals surface area (Å²) in [7, 11) is 0. The fourth-order valence-corrected chi connectivity index (χ4v) is 4.40. The average molecular weight is 382 g/mol. The first kappa shape index (κ1) is 21.4. The number of nitrogens with zero attached hydrogens (tertiary/aromatic N) is 1. The van der Waals surface area contributed by atoms with Crippen molar-refractivity contribution in [2.45, 2.75) is 46.8 Å². The van der Waals surface area contributed by atoms with Gasteiger partial charge in [-0.25, -0.2) is 0 Å². The summed E-state index contributed by atoms with van der Waals surface area (Å²) in [6.07, 6.45) is 0.0853. The zero-order chi connectivity index (χ0) is 19.2. The Morgan fingerprint density at radius 2 is 2.19 bits per heavy atom. The van der Waals surface area contributed by atoms with Gasteiger partial charge in [-0.1, -0.05) is 40.7 Å². The predicted molar refractivity (Wildman–Crippen MR) is 109 cm³/mol. The molecule has 0 radical (unpaired) electrons. The number of rotatable bonds is 8. The molecule has 1 amide bonds. The SMILES string of the molecule is CC(C)CN1CCOC(CNC(=O)CNC(c2cccs2)C(C)(C)C)C1. The molecule has 1 aliphatic rings. The Hall–Kier alpha value is -0.950. The van der Waals surface area contributed by atoms with Crippen LogP contribution in [-0.4, -0.2) is 56.2 Å². The number of nitrogens with one attached hydrogen (secondary N) is 2. The maximum Gasteiger partial charge on any atom is 0.234 e. The monoisotopic (exact) mass is 381 g/mol. The Balaban J connectivity index is 1.76. The molecule has 2 unspecified atom stereocenters. The van der Waals surface area contributed by atoms with Crippen molar-refractivity contribution in [2.75, 3.05) is 39.3 Å². The van der Waals surface area contributed by atoms with E-state index in [1.54, 1.807) is 11.3 Å². The molecule has 1 aromatic heterocycles. The fraction of sp³-hybridized carbons (Fsp3) is 0.750. The first-order chi connectivity index (χ1) is 12.3. The van der Waals surface area contributed by atoms with Crippen molar-refractivity contribution in [3.63, 3.8) is 0 Å². The van der Waals surface area contributed by atoms with Crippen LogP contribution < -0.4 is 10.6 Å². The number of hydrogen-bond donors (Lipinski definition) is 2. The summed E-state index contributed by atoms with van der Waals surface area (Å²) in [5.41, 5.74) is 0.0506. The molecule has 2 atom stereocenters. The molecule has 0 bridgehead atoms. The number of amides is 1. The lowest BCUT2D eigenvalue weighted by molar-refractivity contribution is -0.121. The van der Waals surface area contributed by atoms with Gasteiger partial charge in [0.1, 0.15) is 0 Å². The van der Waals surface area contributed by atoms with Crippen LogP contribution >= 0.6 is 11.3 Å². The van der Waals surface area contributed by atoms with Crippen LogP contribution in [0.25, 0.3) is 0 Å². The maximum absolute atomic E-state index is 12.3. The van der Waals surface area contributed by atoms with E-state index in [0.717, 1.165) is 26.2 Å². The van der Waals surface area contributed by atoms with E-state index in [4.69, 9.17) is 4.74 Å². The number of thiophene rings is 1. The second-order valence-electron chi connectivity index (χ2n) is 8.65. The Kier molecular flexibility index (Phi) is 8.07. The van der Waals surface area contributed by atoms with E-state index in [0.29, 0.717) is 19.0 Å². The normalized spacial score (nSPS) is 20.3. The van der Waals surface area contributed by atoms with Crippen molar-refractivity contribution in [1.82, 2.24) is 15.5 Å². The van der Waals surface area contributed by atoms with Gasteiger partial charge in [0.05, 0.1) is 19.3 Å². The van der Waals surface area contributed by atoms with Crippen molar-refractivity contribution < 1.29 is 9.53 Å². The Bertz CT molecular complexity index is 540. The highest BCUT2D eigenvalue weighted by atomic mass is 32.1. The summed E-state index contributed by atoms with van der Waals surface area (Å²) in [5, 5.41) is 8.54. The van der Waals surface area contributed by atoms with E-state index in [1.807, 2.05) is 0 Å². The van der Waals surface area contributed by atoms with E-state index in [-0.39, 0.29) is 23.5 Å². The van der Waals surface area contributed by atoms with Crippen molar-refractivity contribution in [3.05, 3.63) is 22.4 Å². The predicted octanol–water partition coefficient (Wildman–Crippen LogP) is 2.90. The molecule has 2 heterocycles. The molecular formula is C20H35N3O2S. The molecule has 1 fully saturated rings. The molecule has 0 saturated carbocycles. The Morgan fingerprint density at radius 3 is 2.81 bits per heavy atom. The highest BCUT2D eigenvalue weighted by Crippen LogP contribution is 2.34. The standard InChI is InChI=1S/C20H35N3O2S/c1-15(2)13-23-8-9-25-16(14-23)11-21-18(24)12-22-19(20(3,4)5)17-7-6-10-26-17/h6-7,10,15-16,19,22H,8-9,11-14H2,1-5H3,(H,21,24). The molecule has 1 aliphatic heterocycles. The third kappa shape index (κ3) is 6.99. The summed E-state index contributed by atoms with van der Waals surface area (Å²) >= 11 is 1.73. The fourth-order valence-electron chi connectivity index (χ4n) is 3.36. The molecule has 2 rings (SSSR count). The number of ether oxygens (including phenoxy) is 1. The quantitative estimate of drug-likeness (QED) is 0.727. The van der Waals surface area contributed by atoms with E-state index >= 15 is 0 Å². The largest absolute Gasteiger partial charge is 0.374 e. The molecule has 148 valence electrons. The summed E-state index contributed by atoms with van der Waals surface area (Å²) in [6, 6.07) is 4.36. The van der Waals surface area contributed by atoms with Crippen LogP contribution in [0, 0.1) is 11.3 Å². The van der Waals surface area contributed by atoms with E-state index in [1.165, 1.54) is 4.88 Å². The van der Waals surface area contributed by atoms with E-state index < -0.39 is 0 Å². The van der Waals surface area contributed by atoms with Crippen LogP contribution in [0.1, 0.15) is 45.5 Å². The Morgan fingerprint density at radius 1 is 1.42 bits per heavy atom. The number of carbonyl (C=O) groups is 1. The first-order valence-electron chi connectivity index (χ1n) is 9.63. The lowest BCUT2D eigenvalue weighted by Crippen LogP contribution is -2.49. The second-order valence-corrected chi connectivity index (χ2v) is 9.62. The molecule has 0 aromatic carbocycles. The van der Waals surface area contributed by atoms with Crippen molar-refractivity contribution in [2.24, 2.45) is 11.3 Å². The highest BCUT2D eigenvalue weighted by Gasteiger charge is 2.27. The molecule has 26 heavy (non-hydrogen) atoms. The van der Waals surface area contributed by atoms with Gasteiger partial charge in [0.15, 0.2) is 0 Å². The summed E-state index contributed by atoms with van der Waals surface area (Å²) in [5.74, 6) is 0.680. The number of carbonyl (C=O) groups excluding carboxylic acids is 1. The van der Waals surface area contributed by atoms with Crippen LogP contribution in [0.3, 0.4) is 0 Å². The van der Waals surface area contributed by atoms with Crippen LogP contribution in [0.5, 0.6) is 0 Å². The second kappa shape index (κ2) is 9.83. The van der Waals surface area contributed by atoms with Gasteiger partial charge in [0.2, 0.25) is 5.91 Å². The van der Waals surface area contributed by atoms with E-state index in [9.17, 15) is 4.79 Å². The van der Waals surface area contributed by atoms with Crippen molar-refractivity contribution in [3.8, 4) is 0 Å². The number of hydrogen-bond acceptors (Lipinski definition) is 5. The number of morpholine rings is 1. The van der Waals surface area contributed by atoms with Gasteiger partial charge in [-0.15, -0.1) is 11.3 Å². The topological polar surface area (TPSA) is 53.6 Å². The Labute approximate surface area is 162 Å². The smallest absolute Gasteiger partial charge is 0.234 e. The van der Waals surface area contributed by atoms with Gasteiger partial charge in [-0.3, -0.25) is 9.69 Å².